The Balaban J connectivity index is 2.92. The number of rotatable bonds is 0. The molecule has 0 heterocycles. The summed E-state index contributed by atoms with van der Waals surface area (Å²) in [5.74, 6) is 0. The van der Waals surface area contributed by atoms with Gasteiger partial charge in [-0.25, -0.2) is 0 Å². The molecule has 0 nitrogen and oxygen atoms in total. The lowest BCUT2D eigenvalue weighted by Crippen LogP contribution is -1.81. The minimum absolute atomic E-state index is 1.17. The van der Waals surface area contributed by atoms with E-state index >= 15 is 0 Å². The highest BCUT2D eigenvalue weighted by atomic mass is 79.9. The van der Waals surface area contributed by atoms with Crippen LogP contribution in [0.2, 0.25) is 0 Å². The van der Waals surface area contributed by atoms with Crippen molar-refractivity contribution < 1.29 is 0 Å². The predicted octanol–water partition coefficient (Wildman–Crippen LogP) is 4.22. The lowest BCUT2D eigenvalue weighted by atomic mass is 10.0. The molecule has 0 saturated carbocycles. The van der Waals surface area contributed by atoms with Crippen LogP contribution in [0.5, 0.6) is 0 Å². The fourth-order valence-electron chi connectivity index (χ4n) is 1.57. The maximum absolute atomic E-state index is 3.56. The average Bonchev–Trinajstić information content (AvgIpc) is 2.12. The van der Waals surface area contributed by atoms with Gasteiger partial charge in [0.15, 0.2) is 0 Å². The van der Waals surface area contributed by atoms with Crippen LogP contribution in [0.1, 0.15) is 11.1 Å². The molecule has 0 aliphatic rings. The Bertz CT molecular complexity index is 458. The third kappa shape index (κ3) is 1.49. The lowest BCUT2D eigenvalue weighted by Gasteiger charge is -2.04. The van der Waals surface area contributed by atoms with Gasteiger partial charge in [0.05, 0.1) is 0 Å². The molecule has 0 aliphatic heterocycles. The van der Waals surface area contributed by atoms with Crippen LogP contribution in [-0.2, 0) is 0 Å². The zero-order valence-electron chi connectivity index (χ0n) is 7.76. The van der Waals surface area contributed by atoms with Gasteiger partial charge in [-0.05, 0) is 36.2 Å². The van der Waals surface area contributed by atoms with E-state index in [-0.39, 0.29) is 0 Å². The minimum atomic E-state index is 1.17. The van der Waals surface area contributed by atoms with Crippen molar-refractivity contribution >= 4 is 26.7 Å². The van der Waals surface area contributed by atoms with E-state index in [0.717, 1.165) is 0 Å². The topological polar surface area (TPSA) is 0 Å². The zero-order chi connectivity index (χ0) is 9.42. The van der Waals surface area contributed by atoms with Gasteiger partial charge in [0.1, 0.15) is 0 Å². The molecule has 2 rings (SSSR count). The number of fused-ring (bicyclic) bond motifs is 1. The van der Waals surface area contributed by atoms with Crippen molar-refractivity contribution in [2.24, 2.45) is 0 Å². The first-order chi connectivity index (χ1) is 6.18. The second-order valence-corrected chi connectivity index (χ2v) is 4.27. The third-order valence-electron chi connectivity index (χ3n) is 2.34. The molecule has 1 heteroatoms. The molecule has 0 fully saturated rings. The van der Waals surface area contributed by atoms with Gasteiger partial charge >= 0.3 is 0 Å². The van der Waals surface area contributed by atoms with Crippen LogP contribution < -0.4 is 0 Å². The first-order valence-corrected chi connectivity index (χ1v) is 5.13. The normalized spacial score (nSPS) is 10.7. The van der Waals surface area contributed by atoms with Crippen molar-refractivity contribution in [1.29, 1.82) is 0 Å². The predicted molar refractivity (Wildman–Crippen MR) is 61.1 cm³/mol. The molecule has 0 bridgehead atoms. The fraction of sp³-hybridized carbons (Fsp3) is 0.167. The van der Waals surface area contributed by atoms with Gasteiger partial charge in [0, 0.05) is 4.47 Å². The molecule has 0 radical (unpaired) electrons. The zero-order valence-corrected chi connectivity index (χ0v) is 9.35. The summed E-state index contributed by atoms with van der Waals surface area (Å²) in [5, 5.41) is 2.64. The lowest BCUT2D eigenvalue weighted by molar-refractivity contribution is 1.46. The van der Waals surface area contributed by atoms with Crippen LogP contribution in [0.25, 0.3) is 10.8 Å². The largest absolute Gasteiger partial charge is 0.0586 e. The van der Waals surface area contributed by atoms with E-state index in [1.165, 1.54) is 26.4 Å². The van der Waals surface area contributed by atoms with Crippen molar-refractivity contribution in [3.05, 3.63) is 45.9 Å². The number of benzene rings is 2. The highest BCUT2D eigenvalue weighted by Crippen LogP contribution is 2.27. The van der Waals surface area contributed by atoms with Gasteiger partial charge < -0.3 is 0 Å². The molecule has 2 aromatic carbocycles. The van der Waals surface area contributed by atoms with E-state index in [2.05, 4.69) is 60.1 Å². The van der Waals surface area contributed by atoms with Crippen LogP contribution in [0.3, 0.4) is 0 Å². The molecule has 0 saturated heterocycles. The molecule has 13 heavy (non-hydrogen) atoms. The maximum atomic E-state index is 3.56. The van der Waals surface area contributed by atoms with E-state index in [1.54, 1.807) is 0 Å². The SMILES string of the molecule is Cc1ccc2c(Br)ccc(C)c2c1. The number of aryl methyl sites for hydroxylation is 2. The Morgan fingerprint density at radius 1 is 0.923 bits per heavy atom. The summed E-state index contributed by atoms with van der Waals surface area (Å²) in [6.45, 7) is 4.27. The minimum Gasteiger partial charge on any atom is -0.0586 e. The Morgan fingerprint density at radius 2 is 1.69 bits per heavy atom. The van der Waals surface area contributed by atoms with Crippen LogP contribution in [-0.4, -0.2) is 0 Å². The third-order valence-corrected chi connectivity index (χ3v) is 3.03. The molecule has 0 aliphatic carbocycles. The van der Waals surface area contributed by atoms with Gasteiger partial charge in [-0.3, -0.25) is 0 Å². The van der Waals surface area contributed by atoms with Gasteiger partial charge in [0.2, 0.25) is 0 Å². The van der Waals surface area contributed by atoms with Crippen molar-refractivity contribution in [3.8, 4) is 0 Å². The van der Waals surface area contributed by atoms with E-state index in [9.17, 15) is 0 Å². The molecule has 66 valence electrons. The first kappa shape index (κ1) is 8.76. The highest BCUT2D eigenvalue weighted by molar-refractivity contribution is 9.10. The van der Waals surface area contributed by atoms with E-state index < -0.39 is 0 Å². The van der Waals surface area contributed by atoms with E-state index in [4.69, 9.17) is 0 Å². The quantitative estimate of drug-likeness (QED) is 0.641. The van der Waals surface area contributed by atoms with Crippen LogP contribution in [0, 0.1) is 13.8 Å². The summed E-state index contributed by atoms with van der Waals surface area (Å²) in [6, 6.07) is 10.8. The van der Waals surface area contributed by atoms with E-state index in [0.29, 0.717) is 0 Å². The van der Waals surface area contributed by atoms with Gasteiger partial charge in [0.25, 0.3) is 0 Å². The fourth-order valence-corrected chi connectivity index (χ4v) is 2.05. The smallest absolute Gasteiger partial charge is 0.0253 e. The van der Waals surface area contributed by atoms with Crippen molar-refractivity contribution in [2.75, 3.05) is 0 Å². The Kier molecular flexibility index (Phi) is 2.12. The van der Waals surface area contributed by atoms with E-state index in [1.807, 2.05) is 0 Å². The second-order valence-electron chi connectivity index (χ2n) is 3.41. The Morgan fingerprint density at radius 3 is 2.46 bits per heavy atom. The average molecular weight is 235 g/mol. The van der Waals surface area contributed by atoms with Crippen molar-refractivity contribution in [1.82, 2.24) is 0 Å². The maximum Gasteiger partial charge on any atom is 0.0253 e. The highest BCUT2D eigenvalue weighted by Gasteiger charge is 2.00. The molecule has 0 aromatic heterocycles. The standard InChI is InChI=1S/C12H11Br/c1-8-3-5-10-11(7-8)9(2)4-6-12(10)13/h3-7H,1-2H3. The molecular formula is C12H11Br. The number of halogens is 1. The van der Waals surface area contributed by atoms with Crippen LogP contribution >= 0.6 is 15.9 Å². The van der Waals surface area contributed by atoms with Gasteiger partial charge in [-0.2, -0.15) is 0 Å². The summed E-state index contributed by atoms with van der Waals surface area (Å²) in [7, 11) is 0. The van der Waals surface area contributed by atoms with Gasteiger partial charge in [-0.15, -0.1) is 0 Å². The summed E-state index contributed by atoms with van der Waals surface area (Å²) < 4.78 is 1.17. The Labute approximate surface area is 86.7 Å². The molecule has 0 spiro atoms. The Hall–Kier alpha value is -0.820. The van der Waals surface area contributed by atoms with Crippen molar-refractivity contribution in [3.63, 3.8) is 0 Å². The van der Waals surface area contributed by atoms with Crippen molar-refractivity contribution in [2.45, 2.75) is 13.8 Å². The molecule has 0 amide bonds. The second kappa shape index (κ2) is 3.15. The summed E-state index contributed by atoms with van der Waals surface area (Å²) in [6.07, 6.45) is 0. The molecule has 0 atom stereocenters. The molecular weight excluding hydrogens is 224 g/mol. The van der Waals surface area contributed by atoms with Crippen LogP contribution in [0.4, 0.5) is 0 Å². The molecule has 2 aromatic rings. The number of hydrogen-bond acceptors (Lipinski definition) is 0. The molecule has 0 N–H and O–H groups in total. The first-order valence-electron chi connectivity index (χ1n) is 4.34. The van der Waals surface area contributed by atoms with Crippen LogP contribution in [0.15, 0.2) is 34.8 Å². The molecule has 0 unspecified atom stereocenters. The summed E-state index contributed by atoms with van der Waals surface area (Å²) in [5.41, 5.74) is 2.65. The van der Waals surface area contributed by atoms with Gasteiger partial charge in [-0.1, -0.05) is 45.8 Å². The summed E-state index contributed by atoms with van der Waals surface area (Å²) in [4.78, 5) is 0. The monoisotopic (exact) mass is 234 g/mol. The number of hydrogen-bond donors (Lipinski definition) is 0. The summed E-state index contributed by atoms with van der Waals surface area (Å²) >= 11 is 3.56.